The molecule has 1 heterocycles. The van der Waals surface area contributed by atoms with E-state index < -0.39 is 29.9 Å². The maximum Gasteiger partial charge on any atom is 0.426 e. The van der Waals surface area contributed by atoms with Gasteiger partial charge in [0.25, 0.3) is 5.91 Å². The van der Waals surface area contributed by atoms with Gasteiger partial charge in [-0.3, -0.25) is 20.0 Å². The van der Waals surface area contributed by atoms with E-state index in [4.69, 9.17) is 9.84 Å². The van der Waals surface area contributed by atoms with Crippen LogP contribution in [0.1, 0.15) is 22.6 Å². The molecule has 2 aromatic carbocycles. The van der Waals surface area contributed by atoms with Crippen molar-refractivity contribution in [2.45, 2.75) is 18.4 Å². The monoisotopic (exact) mass is 474 g/mol. The number of hydrogen-bond donors (Lipinski definition) is 4. The molecule has 4 rings (SSSR count). The van der Waals surface area contributed by atoms with Crippen molar-refractivity contribution in [1.82, 2.24) is 21.2 Å². The van der Waals surface area contributed by atoms with Crippen molar-refractivity contribution < 1.29 is 29.0 Å². The normalized spacial score (nSPS) is 12.6. The highest BCUT2D eigenvalue weighted by Crippen LogP contribution is 2.44. The van der Waals surface area contributed by atoms with Gasteiger partial charge in [-0.25, -0.2) is 15.0 Å². The number of nitrogens with one attached hydrogen (secondary N) is 3. The summed E-state index contributed by atoms with van der Waals surface area (Å²) >= 11 is 0. The number of hydrazine groups is 1. The minimum absolute atomic E-state index is 0.0141. The first-order chi connectivity index (χ1) is 16.9. The molecule has 1 aliphatic rings. The van der Waals surface area contributed by atoms with Crippen LogP contribution < -0.4 is 16.2 Å². The van der Waals surface area contributed by atoms with E-state index in [-0.39, 0.29) is 18.9 Å². The standard InChI is InChI=1S/C25H22N4O6/c30-22(21(27-23(31)24(32)33)13-15-9-11-26-12-10-15)28-29-25(34)35-14-20-18-7-3-1-5-16(18)17-6-2-4-8-19(17)20/h1-12,20-21H,13-14H2,(H,27,31)(H,28,30)(H,29,34)(H,32,33). The molecule has 10 nitrogen and oxygen atoms in total. The van der Waals surface area contributed by atoms with Gasteiger partial charge in [0, 0.05) is 24.7 Å². The van der Waals surface area contributed by atoms with Crippen molar-refractivity contribution in [3.63, 3.8) is 0 Å². The number of nitrogens with zero attached hydrogens (tertiary/aromatic N) is 1. The first kappa shape index (κ1) is 23.4. The summed E-state index contributed by atoms with van der Waals surface area (Å²) in [4.78, 5) is 51.3. The predicted octanol–water partition coefficient (Wildman–Crippen LogP) is 1.76. The number of hydrogen-bond acceptors (Lipinski definition) is 6. The molecule has 3 amide bonds. The Balaban J connectivity index is 1.36. The van der Waals surface area contributed by atoms with Crippen molar-refractivity contribution in [3.05, 3.63) is 89.7 Å². The zero-order chi connectivity index (χ0) is 24.8. The van der Waals surface area contributed by atoms with Crippen LogP contribution in [0, 0.1) is 0 Å². The van der Waals surface area contributed by atoms with E-state index in [1.165, 1.54) is 12.4 Å². The molecule has 1 atom stereocenters. The topological polar surface area (TPSA) is 147 Å². The van der Waals surface area contributed by atoms with E-state index in [1.807, 2.05) is 48.5 Å². The molecule has 0 bridgehead atoms. The summed E-state index contributed by atoms with van der Waals surface area (Å²) in [6, 6.07) is 17.7. The maximum absolute atomic E-state index is 12.6. The highest BCUT2D eigenvalue weighted by atomic mass is 16.6. The van der Waals surface area contributed by atoms with Crippen LogP contribution in [0.3, 0.4) is 0 Å². The van der Waals surface area contributed by atoms with Crippen LogP contribution in [-0.2, 0) is 25.5 Å². The van der Waals surface area contributed by atoms with Crippen LogP contribution in [0.4, 0.5) is 4.79 Å². The van der Waals surface area contributed by atoms with Crippen molar-refractivity contribution in [1.29, 1.82) is 0 Å². The number of aliphatic carboxylic acids is 1. The third-order valence-corrected chi connectivity index (χ3v) is 5.64. The van der Waals surface area contributed by atoms with Crippen LogP contribution in [0.2, 0.25) is 0 Å². The Morgan fingerprint density at radius 3 is 2.09 bits per heavy atom. The second kappa shape index (κ2) is 10.5. The van der Waals surface area contributed by atoms with Crippen LogP contribution in [-0.4, -0.2) is 46.6 Å². The average Bonchev–Trinajstić information content (AvgIpc) is 3.19. The third kappa shape index (κ3) is 5.44. The molecule has 0 saturated heterocycles. The Morgan fingerprint density at radius 2 is 1.49 bits per heavy atom. The van der Waals surface area contributed by atoms with Gasteiger partial charge in [-0.15, -0.1) is 0 Å². The molecule has 0 fully saturated rings. The Kier molecular flexibility index (Phi) is 7.01. The van der Waals surface area contributed by atoms with E-state index in [1.54, 1.807) is 12.1 Å². The molecule has 0 aliphatic heterocycles. The smallest absolute Gasteiger partial charge is 0.426 e. The van der Waals surface area contributed by atoms with Gasteiger partial charge < -0.3 is 15.2 Å². The summed E-state index contributed by atoms with van der Waals surface area (Å²) in [5, 5.41) is 11.0. The zero-order valence-electron chi connectivity index (χ0n) is 18.4. The Morgan fingerprint density at radius 1 is 0.886 bits per heavy atom. The number of rotatable bonds is 6. The maximum atomic E-state index is 12.6. The van der Waals surface area contributed by atoms with Crippen molar-refractivity contribution in [2.24, 2.45) is 0 Å². The molecule has 1 unspecified atom stereocenters. The van der Waals surface area contributed by atoms with Crippen molar-refractivity contribution in [2.75, 3.05) is 6.61 Å². The molecule has 35 heavy (non-hydrogen) atoms. The number of pyridine rings is 1. The summed E-state index contributed by atoms with van der Waals surface area (Å²) in [6.07, 6.45) is 2.09. The zero-order valence-corrected chi connectivity index (χ0v) is 18.4. The van der Waals surface area contributed by atoms with Crippen LogP contribution >= 0.6 is 0 Å². The van der Waals surface area contributed by atoms with E-state index in [0.717, 1.165) is 22.3 Å². The fourth-order valence-electron chi connectivity index (χ4n) is 4.02. The molecule has 1 aromatic heterocycles. The molecule has 0 radical (unpaired) electrons. The number of ether oxygens (including phenoxy) is 1. The molecule has 178 valence electrons. The van der Waals surface area contributed by atoms with Crippen LogP contribution in [0.15, 0.2) is 73.1 Å². The van der Waals surface area contributed by atoms with E-state index in [9.17, 15) is 19.2 Å². The number of carboxylic acids is 1. The van der Waals surface area contributed by atoms with E-state index in [0.29, 0.717) is 5.56 Å². The number of benzene rings is 2. The van der Waals surface area contributed by atoms with Crippen molar-refractivity contribution in [3.8, 4) is 11.1 Å². The van der Waals surface area contributed by atoms with Crippen LogP contribution in [0.25, 0.3) is 11.1 Å². The van der Waals surface area contributed by atoms with Crippen molar-refractivity contribution >= 4 is 23.9 Å². The minimum Gasteiger partial charge on any atom is -0.474 e. The molecule has 1 aliphatic carbocycles. The van der Waals surface area contributed by atoms with Gasteiger partial charge in [0.1, 0.15) is 12.6 Å². The van der Waals surface area contributed by atoms with Gasteiger partial charge in [0.05, 0.1) is 0 Å². The SMILES string of the molecule is O=C(NNC(=O)C(Cc1ccncc1)NC(=O)C(=O)O)OCC1c2ccccc2-c2ccccc21. The Bertz CT molecular complexity index is 1220. The van der Waals surface area contributed by atoms with Gasteiger partial charge in [-0.2, -0.15) is 0 Å². The van der Waals surface area contributed by atoms with Crippen LogP contribution in [0.5, 0.6) is 0 Å². The summed E-state index contributed by atoms with van der Waals surface area (Å²) in [6.45, 7) is 0.0475. The third-order valence-electron chi connectivity index (χ3n) is 5.64. The second-order valence-corrected chi connectivity index (χ2v) is 7.83. The van der Waals surface area contributed by atoms with Gasteiger partial charge in [0.2, 0.25) is 0 Å². The lowest BCUT2D eigenvalue weighted by molar-refractivity contribution is -0.151. The average molecular weight is 474 g/mol. The second-order valence-electron chi connectivity index (χ2n) is 7.83. The largest absolute Gasteiger partial charge is 0.474 e. The quantitative estimate of drug-likeness (QED) is 0.314. The van der Waals surface area contributed by atoms with Gasteiger partial charge in [-0.1, -0.05) is 48.5 Å². The molecule has 10 heteroatoms. The first-order valence-electron chi connectivity index (χ1n) is 10.8. The molecular formula is C25H22N4O6. The number of carboxylic acid groups (broad SMARTS) is 1. The fraction of sp³-hybridized carbons (Fsp3) is 0.160. The molecular weight excluding hydrogens is 452 g/mol. The Labute approximate surface area is 200 Å². The molecule has 4 N–H and O–H groups in total. The summed E-state index contributed by atoms with van der Waals surface area (Å²) in [7, 11) is 0. The Hall–Kier alpha value is -4.73. The number of aromatic nitrogens is 1. The number of carbonyl (C=O) groups excluding carboxylic acids is 3. The van der Waals surface area contributed by atoms with Gasteiger partial charge >= 0.3 is 18.0 Å². The summed E-state index contributed by atoms with van der Waals surface area (Å²) < 4.78 is 5.35. The number of carbonyl (C=O) groups is 4. The van der Waals surface area contributed by atoms with E-state index in [2.05, 4.69) is 21.2 Å². The number of amides is 3. The lowest BCUT2D eigenvalue weighted by Crippen LogP contribution is -2.54. The molecule has 0 saturated carbocycles. The van der Waals surface area contributed by atoms with Gasteiger partial charge in [0.15, 0.2) is 0 Å². The van der Waals surface area contributed by atoms with Gasteiger partial charge in [-0.05, 0) is 39.9 Å². The lowest BCUT2D eigenvalue weighted by Gasteiger charge is -2.18. The number of fused-ring (bicyclic) bond motifs is 3. The predicted molar refractivity (Wildman–Crippen MR) is 124 cm³/mol. The minimum atomic E-state index is -1.73. The molecule has 3 aromatic rings. The summed E-state index contributed by atoms with van der Waals surface area (Å²) in [5.74, 6) is -4.05. The summed E-state index contributed by atoms with van der Waals surface area (Å²) in [5.41, 5.74) is 9.20. The van der Waals surface area contributed by atoms with E-state index >= 15 is 0 Å². The highest BCUT2D eigenvalue weighted by Gasteiger charge is 2.29. The first-order valence-corrected chi connectivity index (χ1v) is 10.8. The highest BCUT2D eigenvalue weighted by molar-refractivity contribution is 6.32. The fourth-order valence-corrected chi connectivity index (χ4v) is 4.02. The molecule has 0 spiro atoms. The lowest BCUT2D eigenvalue weighted by atomic mass is 9.98.